The fourth-order valence-corrected chi connectivity index (χ4v) is 4.06. The van der Waals surface area contributed by atoms with Crippen molar-refractivity contribution in [2.45, 2.75) is 56.5 Å². The fraction of sp³-hybridized carbons (Fsp3) is 0.600. The number of rotatable bonds is 5. The average molecular weight is 296 g/mol. The van der Waals surface area contributed by atoms with Crippen LogP contribution in [0.2, 0.25) is 0 Å². The van der Waals surface area contributed by atoms with Gasteiger partial charge in [0.2, 0.25) is 10.0 Å². The van der Waals surface area contributed by atoms with Crippen LogP contribution in [-0.4, -0.2) is 21.5 Å². The van der Waals surface area contributed by atoms with Crippen LogP contribution in [0.3, 0.4) is 0 Å². The summed E-state index contributed by atoms with van der Waals surface area (Å²) in [4.78, 5) is 0.374. The third-order valence-corrected chi connectivity index (χ3v) is 5.44. The molecule has 0 bridgehead atoms. The molecular weight excluding hydrogens is 272 g/mol. The summed E-state index contributed by atoms with van der Waals surface area (Å²) in [6.45, 7) is 2.68. The summed E-state index contributed by atoms with van der Waals surface area (Å²) in [5.74, 6) is 0. The Morgan fingerprint density at radius 2 is 1.90 bits per heavy atom. The lowest BCUT2D eigenvalue weighted by Crippen LogP contribution is -2.36. The van der Waals surface area contributed by atoms with Gasteiger partial charge in [-0.15, -0.1) is 0 Å². The van der Waals surface area contributed by atoms with E-state index in [2.05, 4.69) is 10.0 Å². The first-order chi connectivity index (χ1) is 9.53. The minimum atomic E-state index is -3.40. The van der Waals surface area contributed by atoms with Gasteiger partial charge in [-0.05, 0) is 50.1 Å². The van der Waals surface area contributed by atoms with Gasteiger partial charge in [0.05, 0.1) is 4.90 Å². The second kappa shape index (κ2) is 6.70. The number of hydrogen-bond donors (Lipinski definition) is 2. The second-order valence-corrected chi connectivity index (χ2v) is 7.29. The average Bonchev–Trinajstić information content (AvgIpc) is 2.42. The Labute approximate surface area is 122 Å². The van der Waals surface area contributed by atoms with E-state index in [0.717, 1.165) is 36.8 Å². The maximum absolute atomic E-state index is 12.4. The molecule has 0 amide bonds. The van der Waals surface area contributed by atoms with Crippen LogP contribution in [0.25, 0.3) is 0 Å². The molecule has 112 valence electrons. The lowest BCUT2D eigenvalue weighted by Gasteiger charge is -2.22. The first kappa shape index (κ1) is 15.5. The highest BCUT2D eigenvalue weighted by atomic mass is 32.2. The molecule has 0 spiro atoms. The highest BCUT2D eigenvalue weighted by Crippen LogP contribution is 2.21. The van der Waals surface area contributed by atoms with Crippen molar-refractivity contribution in [3.63, 3.8) is 0 Å². The Morgan fingerprint density at radius 1 is 1.20 bits per heavy atom. The van der Waals surface area contributed by atoms with Crippen molar-refractivity contribution in [2.75, 3.05) is 7.05 Å². The highest BCUT2D eigenvalue weighted by Gasteiger charge is 2.22. The molecule has 1 saturated carbocycles. The zero-order chi connectivity index (χ0) is 14.6. The van der Waals surface area contributed by atoms with Gasteiger partial charge in [0, 0.05) is 12.6 Å². The quantitative estimate of drug-likeness (QED) is 0.877. The van der Waals surface area contributed by atoms with E-state index in [1.807, 2.05) is 20.0 Å². The van der Waals surface area contributed by atoms with Crippen LogP contribution >= 0.6 is 0 Å². The van der Waals surface area contributed by atoms with Gasteiger partial charge in [-0.25, -0.2) is 13.1 Å². The molecule has 0 heterocycles. The van der Waals surface area contributed by atoms with Crippen molar-refractivity contribution in [3.05, 3.63) is 29.3 Å². The Bertz CT molecular complexity index is 549. The maximum atomic E-state index is 12.4. The molecular formula is C15H24N2O2S. The van der Waals surface area contributed by atoms with Gasteiger partial charge in [-0.3, -0.25) is 0 Å². The van der Waals surface area contributed by atoms with Gasteiger partial charge < -0.3 is 5.32 Å². The summed E-state index contributed by atoms with van der Waals surface area (Å²) < 4.78 is 27.7. The molecule has 0 radical (unpaired) electrons. The first-order valence-electron chi connectivity index (χ1n) is 7.29. The molecule has 1 aromatic carbocycles. The number of benzene rings is 1. The zero-order valence-electron chi connectivity index (χ0n) is 12.3. The molecule has 2 rings (SSSR count). The minimum absolute atomic E-state index is 0.0998. The van der Waals surface area contributed by atoms with Crippen LogP contribution in [0.4, 0.5) is 0 Å². The van der Waals surface area contributed by atoms with Gasteiger partial charge in [0.25, 0.3) is 0 Å². The van der Waals surface area contributed by atoms with E-state index in [1.54, 1.807) is 12.1 Å². The predicted octanol–water partition coefficient (Wildman–Crippen LogP) is 2.33. The van der Waals surface area contributed by atoms with Crippen molar-refractivity contribution >= 4 is 10.0 Å². The van der Waals surface area contributed by atoms with Gasteiger partial charge >= 0.3 is 0 Å². The van der Waals surface area contributed by atoms with Crippen LogP contribution in [0.15, 0.2) is 23.1 Å². The number of aryl methyl sites for hydroxylation is 1. The molecule has 0 atom stereocenters. The van der Waals surface area contributed by atoms with E-state index in [-0.39, 0.29) is 6.04 Å². The lowest BCUT2D eigenvalue weighted by molar-refractivity contribution is 0.412. The van der Waals surface area contributed by atoms with E-state index < -0.39 is 10.0 Å². The Hall–Kier alpha value is -0.910. The van der Waals surface area contributed by atoms with Crippen molar-refractivity contribution in [2.24, 2.45) is 0 Å². The normalized spacial score (nSPS) is 17.3. The van der Waals surface area contributed by atoms with E-state index >= 15 is 0 Å². The standard InChI is InChI=1S/C15H24N2O2S/c1-12-8-9-15(10-13(12)11-16-2)20(18,19)17-14-6-4-3-5-7-14/h8-10,14,16-17H,3-7,11H2,1-2H3. The van der Waals surface area contributed by atoms with E-state index in [4.69, 9.17) is 0 Å². The molecule has 5 heteroatoms. The summed E-state index contributed by atoms with van der Waals surface area (Å²) in [6.07, 6.45) is 5.36. The molecule has 0 aromatic heterocycles. The Kier molecular flexibility index (Phi) is 5.18. The van der Waals surface area contributed by atoms with E-state index in [1.165, 1.54) is 6.42 Å². The number of sulfonamides is 1. The summed E-state index contributed by atoms with van der Waals surface area (Å²) >= 11 is 0. The molecule has 4 nitrogen and oxygen atoms in total. The summed E-state index contributed by atoms with van der Waals surface area (Å²) in [5.41, 5.74) is 2.13. The Morgan fingerprint density at radius 3 is 2.55 bits per heavy atom. The van der Waals surface area contributed by atoms with Crippen molar-refractivity contribution in [3.8, 4) is 0 Å². The Balaban J connectivity index is 2.17. The van der Waals surface area contributed by atoms with Gasteiger partial charge in [-0.2, -0.15) is 0 Å². The zero-order valence-corrected chi connectivity index (χ0v) is 13.1. The summed E-state index contributed by atoms with van der Waals surface area (Å²) in [7, 11) is -1.53. The van der Waals surface area contributed by atoms with Gasteiger partial charge in [0.15, 0.2) is 0 Å². The van der Waals surface area contributed by atoms with Crippen molar-refractivity contribution in [1.82, 2.24) is 10.0 Å². The molecule has 1 fully saturated rings. The maximum Gasteiger partial charge on any atom is 0.240 e. The van der Waals surface area contributed by atoms with Gasteiger partial charge in [0.1, 0.15) is 0 Å². The molecule has 1 aromatic rings. The van der Waals surface area contributed by atoms with E-state index in [9.17, 15) is 8.42 Å². The third kappa shape index (κ3) is 3.81. The second-order valence-electron chi connectivity index (χ2n) is 5.57. The minimum Gasteiger partial charge on any atom is -0.316 e. The van der Waals surface area contributed by atoms with Crippen LogP contribution < -0.4 is 10.0 Å². The van der Waals surface area contributed by atoms with Crippen molar-refractivity contribution < 1.29 is 8.42 Å². The molecule has 1 aliphatic carbocycles. The van der Waals surface area contributed by atoms with Gasteiger partial charge in [-0.1, -0.05) is 25.3 Å². The monoisotopic (exact) mass is 296 g/mol. The molecule has 20 heavy (non-hydrogen) atoms. The van der Waals surface area contributed by atoms with Crippen LogP contribution in [-0.2, 0) is 16.6 Å². The molecule has 0 saturated heterocycles. The first-order valence-corrected chi connectivity index (χ1v) is 8.78. The van der Waals surface area contributed by atoms with E-state index in [0.29, 0.717) is 11.4 Å². The summed E-state index contributed by atoms with van der Waals surface area (Å²) in [5, 5.41) is 3.07. The molecule has 2 N–H and O–H groups in total. The SMILES string of the molecule is CNCc1cc(S(=O)(=O)NC2CCCCC2)ccc1C. The smallest absolute Gasteiger partial charge is 0.240 e. The fourth-order valence-electron chi connectivity index (χ4n) is 2.70. The van der Waals surface area contributed by atoms with Crippen LogP contribution in [0.5, 0.6) is 0 Å². The summed E-state index contributed by atoms with van der Waals surface area (Å²) in [6, 6.07) is 5.45. The number of nitrogens with one attached hydrogen (secondary N) is 2. The number of hydrogen-bond acceptors (Lipinski definition) is 3. The molecule has 0 aliphatic heterocycles. The largest absolute Gasteiger partial charge is 0.316 e. The van der Waals surface area contributed by atoms with Crippen molar-refractivity contribution in [1.29, 1.82) is 0 Å². The predicted molar refractivity (Wildman–Crippen MR) is 81.1 cm³/mol. The molecule has 0 unspecified atom stereocenters. The lowest BCUT2D eigenvalue weighted by atomic mass is 9.96. The highest BCUT2D eigenvalue weighted by molar-refractivity contribution is 7.89. The van der Waals surface area contributed by atoms with Crippen LogP contribution in [0, 0.1) is 6.92 Å². The topological polar surface area (TPSA) is 58.2 Å². The van der Waals surface area contributed by atoms with Crippen LogP contribution in [0.1, 0.15) is 43.2 Å². The molecule has 1 aliphatic rings. The third-order valence-electron chi connectivity index (χ3n) is 3.93.